The molecule has 0 radical (unpaired) electrons. The van der Waals surface area contributed by atoms with E-state index in [0.717, 1.165) is 39.0 Å². The van der Waals surface area contributed by atoms with Gasteiger partial charge in [-0.05, 0) is 5.57 Å². The fraction of sp³-hybridized carbons (Fsp3) is 0.692. The Kier molecular flexibility index (Phi) is 6.60. The zero-order valence-electron chi connectivity index (χ0n) is 11.1. The van der Waals surface area contributed by atoms with Crippen LogP contribution in [0, 0.1) is 0 Å². The Labute approximate surface area is 108 Å². The molecule has 1 fully saturated rings. The van der Waals surface area contributed by atoms with E-state index in [1.807, 2.05) is 0 Å². The molecule has 102 valence electrons. The van der Waals surface area contributed by atoms with Gasteiger partial charge in [-0.2, -0.15) is 0 Å². The zero-order valence-corrected chi connectivity index (χ0v) is 11.1. The molecule has 1 saturated heterocycles. The van der Waals surface area contributed by atoms with E-state index >= 15 is 0 Å². The van der Waals surface area contributed by atoms with Crippen LogP contribution in [0.15, 0.2) is 12.2 Å². The van der Waals surface area contributed by atoms with E-state index in [1.165, 1.54) is 0 Å². The van der Waals surface area contributed by atoms with Crippen molar-refractivity contribution in [3.05, 3.63) is 12.2 Å². The van der Waals surface area contributed by atoms with Crippen LogP contribution in [0.3, 0.4) is 0 Å². The van der Waals surface area contributed by atoms with Gasteiger partial charge in [0.2, 0.25) is 0 Å². The third kappa shape index (κ3) is 5.42. The van der Waals surface area contributed by atoms with Crippen LogP contribution in [0.2, 0.25) is 0 Å². The number of aldehydes is 1. The monoisotopic (exact) mass is 254 g/mol. The number of piperazine rings is 1. The Morgan fingerprint density at radius 3 is 2.44 bits per heavy atom. The summed E-state index contributed by atoms with van der Waals surface area (Å²) in [5, 5.41) is 0. The molecule has 0 saturated carbocycles. The van der Waals surface area contributed by atoms with Crippen molar-refractivity contribution < 1.29 is 14.3 Å². The average Bonchev–Trinajstić information content (AvgIpc) is 2.40. The van der Waals surface area contributed by atoms with Gasteiger partial charge in [-0.25, -0.2) is 0 Å². The normalized spacial score (nSPS) is 17.4. The van der Waals surface area contributed by atoms with Crippen LogP contribution in [-0.4, -0.2) is 67.9 Å². The highest BCUT2D eigenvalue weighted by molar-refractivity contribution is 5.72. The van der Waals surface area contributed by atoms with Gasteiger partial charge in [-0.15, -0.1) is 0 Å². The molecule has 0 aromatic rings. The third-order valence-electron chi connectivity index (χ3n) is 3.02. The first kappa shape index (κ1) is 14.9. The average molecular weight is 254 g/mol. The van der Waals surface area contributed by atoms with E-state index in [1.54, 1.807) is 6.92 Å². The van der Waals surface area contributed by atoms with Gasteiger partial charge in [0.15, 0.2) is 0 Å². The first-order chi connectivity index (χ1) is 8.65. The number of ether oxygens (including phenoxy) is 1. The molecule has 1 rings (SSSR count). The lowest BCUT2D eigenvalue weighted by molar-refractivity contribution is -0.143. The number of nitrogens with zero attached hydrogens (tertiary/aromatic N) is 2. The number of hydrogen-bond acceptors (Lipinski definition) is 5. The van der Waals surface area contributed by atoms with Crippen LogP contribution in [0.1, 0.15) is 13.3 Å². The SMILES string of the molecule is C=C(C=O)CN1CCN(CCOC(=O)CC)CC1. The quantitative estimate of drug-likeness (QED) is 0.372. The van der Waals surface area contributed by atoms with E-state index in [2.05, 4.69) is 16.4 Å². The van der Waals surface area contributed by atoms with Gasteiger partial charge in [0.05, 0.1) is 0 Å². The van der Waals surface area contributed by atoms with Crippen molar-refractivity contribution in [2.24, 2.45) is 0 Å². The maximum absolute atomic E-state index is 11.0. The molecule has 0 aromatic carbocycles. The number of carbonyl (C=O) groups is 2. The van der Waals surface area contributed by atoms with Gasteiger partial charge in [-0.3, -0.25) is 19.4 Å². The molecule has 5 nitrogen and oxygen atoms in total. The molecule has 0 unspecified atom stereocenters. The summed E-state index contributed by atoms with van der Waals surface area (Å²) in [5.74, 6) is -0.143. The molecule has 1 heterocycles. The van der Waals surface area contributed by atoms with Crippen molar-refractivity contribution in [2.45, 2.75) is 13.3 Å². The minimum Gasteiger partial charge on any atom is -0.464 e. The van der Waals surface area contributed by atoms with Crippen LogP contribution in [0.4, 0.5) is 0 Å². The predicted octanol–water partition coefficient (Wildman–Crippen LogP) is 0.312. The molecule has 0 spiro atoms. The molecule has 0 N–H and O–H groups in total. The maximum atomic E-state index is 11.0. The van der Waals surface area contributed by atoms with Crippen molar-refractivity contribution >= 4 is 12.3 Å². The smallest absolute Gasteiger partial charge is 0.305 e. The van der Waals surface area contributed by atoms with Gasteiger partial charge >= 0.3 is 5.97 Å². The Balaban J connectivity index is 2.13. The second-order valence-electron chi connectivity index (χ2n) is 4.47. The molecule has 0 amide bonds. The molecule has 1 aliphatic rings. The Bertz CT molecular complexity index is 297. The molecule has 5 heteroatoms. The summed E-state index contributed by atoms with van der Waals surface area (Å²) < 4.78 is 5.05. The van der Waals surface area contributed by atoms with E-state index < -0.39 is 0 Å². The van der Waals surface area contributed by atoms with Gasteiger partial charge in [-0.1, -0.05) is 13.5 Å². The summed E-state index contributed by atoms with van der Waals surface area (Å²) in [4.78, 5) is 25.9. The van der Waals surface area contributed by atoms with Gasteiger partial charge < -0.3 is 4.74 Å². The van der Waals surface area contributed by atoms with Gasteiger partial charge in [0.25, 0.3) is 0 Å². The molecule has 18 heavy (non-hydrogen) atoms. The topological polar surface area (TPSA) is 49.9 Å². The standard InChI is InChI=1S/C13H22N2O3/c1-3-13(17)18-9-8-14-4-6-15(7-5-14)10-12(2)11-16/h11H,2-10H2,1H3. The van der Waals surface area contributed by atoms with E-state index in [9.17, 15) is 9.59 Å². The fourth-order valence-electron chi connectivity index (χ4n) is 1.89. The maximum Gasteiger partial charge on any atom is 0.305 e. The first-order valence-corrected chi connectivity index (χ1v) is 6.39. The van der Waals surface area contributed by atoms with Crippen molar-refractivity contribution in [2.75, 3.05) is 45.9 Å². The highest BCUT2D eigenvalue weighted by Gasteiger charge is 2.17. The van der Waals surface area contributed by atoms with Crippen molar-refractivity contribution in [1.29, 1.82) is 0 Å². The van der Waals surface area contributed by atoms with E-state index in [-0.39, 0.29) is 5.97 Å². The lowest BCUT2D eigenvalue weighted by Crippen LogP contribution is -2.47. The zero-order chi connectivity index (χ0) is 13.4. The molecule has 0 atom stereocenters. The summed E-state index contributed by atoms with van der Waals surface area (Å²) in [6.07, 6.45) is 1.25. The highest BCUT2D eigenvalue weighted by Crippen LogP contribution is 2.03. The fourth-order valence-corrected chi connectivity index (χ4v) is 1.89. The van der Waals surface area contributed by atoms with Crippen LogP contribution in [0.5, 0.6) is 0 Å². The summed E-state index contributed by atoms with van der Waals surface area (Å²) in [7, 11) is 0. The summed E-state index contributed by atoms with van der Waals surface area (Å²) in [6.45, 7) is 11.1. The summed E-state index contributed by atoms with van der Waals surface area (Å²) >= 11 is 0. The number of rotatable bonds is 7. The number of esters is 1. The van der Waals surface area contributed by atoms with Crippen LogP contribution >= 0.6 is 0 Å². The lowest BCUT2D eigenvalue weighted by Gasteiger charge is -2.34. The minimum atomic E-state index is -0.143. The van der Waals surface area contributed by atoms with E-state index in [0.29, 0.717) is 25.1 Å². The molecule has 0 aromatic heterocycles. The van der Waals surface area contributed by atoms with Crippen LogP contribution in [-0.2, 0) is 14.3 Å². The number of carbonyl (C=O) groups excluding carboxylic acids is 2. The highest BCUT2D eigenvalue weighted by atomic mass is 16.5. The summed E-state index contributed by atoms with van der Waals surface area (Å²) in [5.41, 5.74) is 0.625. The Morgan fingerprint density at radius 2 is 1.89 bits per heavy atom. The van der Waals surface area contributed by atoms with Gasteiger partial charge in [0.1, 0.15) is 12.9 Å². The number of hydrogen-bond donors (Lipinski definition) is 0. The molecular formula is C13H22N2O3. The largest absolute Gasteiger partial charge is 0.464 e. The van der Waals surface area contributed by atoms with Gasteiger partial charge in [0, 0.05) is 45.7 Å². The molecule has 1 aliphatic heterocycles. The first-order valence-electron chi connectivity index (χ1n) is 6.39. The molecule has 0 aliphatic carbocycles. The Hall–Kier alpha value is -1.20. The van der Waals surface area contributed by atoms with Crippen molar-refractivity contribution in [3.8, 4) is 0 Å². The molecular weight excluding hydrogens is 232 g/mol. The lowest BCUT2D eigenvalue weighted by atomic mass is 10.2. The third-order valence-corrected chi connectivity index (χ3v) is 3.02. The predicted molar refractivity (Wildman–Crippen MR) is 69.3 cm³/mol. The van der Waals surface area contributed by atoms with Crippen molar-refractivity contribution in [1.82, 2.24) is 9.80 Å². The summed E-state index contributed by atoms with van der Waals surface area (Å²) in [6, 6.07) is 0. The van der Waals surface area contributed by atoms with E-state index in [4.69, 9.17) is 4.74 Å². The van der Waals surface area contributed by atoms with Crippen molar-refractivity contribution in [3.63, 3.8) is 0 Å². The van der Waals surface area contributed by atoms with Crippen LogP contribution < -0.4 is 0 Å². The second kappa shape index (κ2) is 8.00. The second-order valence-corrected chi connectivity index (χ2v) is 4.47. The Morgan fingerprint density at radius 1 is 1.28 bits per heavy atom. The minimum absolute atomic E-state index is 0.143. The molecule has 0 bridgehead atoms. The van der Waals surface area contributed by atoms with Crippen LogP contribution in [0.25, 0.3) is 0 Å².